The molecule has 7 nitrogen and oxygen atoms in total. The molecule has 2 heterocycles. The van der Waals surface area contributed by atoms with Gasteiger partial charge in [-0.3, -0.25) is 9.59 Å². The number of amides is 2. The third-order valence-electron chi connectivity index (χ3n) is 5.85. The zero-order valence-corrected chi connectivity index (χ0v) is 16.7. The number of hydrogen-bond donors (Lipinski definition) is 1. The first kappa shape index (κ1) is 19.6. The van der Waals surface area contributed by atoms with Crippen molar-refractivity contribution in [3.05, 3.63) is 47.6 Å². The lowest BCUT2D eigenvalue weighted by Crippen LogP contribution is -2.36. The predicted molar refractivity (Wildman–Crippen MR) is 107 cm³/mol. The van der Waals surface area contributed by atoms with Crippen LogP contribution in [0, 0.1) is 0 Å². The van der Waals surface area contributed by atoms with Crippen molar-refractivity contribution in [3.8, 4) is 0 Å². The number of carbonyl (C=O) groups excluding carboxylic acids is 2. The Bertz CT molecular complexity index is 830. The van der Waals surface area contributed by atoms with Crippen molar-refractivity contribution in [1.82, 2.24) is 20.4 Å². The Balaban J connectivity index is 1.33. The standard InChI is InChI=1S/C22H28N4O3/c27-19(23-17-10-5-2-6-11-17)13-14-20-24-21(25-29-20)18-12-7-15-26(18)22(28)16-8-3-1-4-9-16/h1,3-4,8-9,17-18H,2,5-7,10-15H2,(H,23,27). The van der Waals surface area contributed by atoms with Gasteiger partial charge >= 0.3 is 0 Å². The molecule has 4 rings (SSSR count). The van der Waals surface area contributed by atoms with Gasteiger partial charge in [-0.1, -0.05) is 42.6 Å². The van der Waals surface area contributed by atoms with Gasteiger partial charge in [0, 0.05) is 31.0 Å². The summed E-state index contributed by atoms with van der Waals surface area (Å²) in [6.07, 6.45) is 8.29. The number of likely N-dealkylation sites (tertiary alicyclic amines) is 1. The predicted octanol–water partition coefficient (Wildman–Crippen LogP) is 3.43. The van der Waals surface area contributed by atoms with Gasteiger partial charge in [0.15, 0.2) is 5.82 Å². The Hall–Kier alpha value is -2.70. The van der Waals surface area contributed by atoms with Crippen LogP contribution < -0.4 is 5.32 Å². The van der Waals surface area contributed by atoms with E-state index in [1.807, 2.05) is 35.2 Å². The molecule has 1 N–H and O–H groups in total. The van der Waals surface area contributed by atoms with Crippen LogP contribution in [-0.4, -0.2) is 39.4 Å². The molecule has 7 heteroatoms. The normalized spacial score (nSPS) is 20.0. The zero-order valence-electron chi connectivity index (χ0n) is 16.7. The quantitative estimate of drug-likeness (QED) is 0.808. The van der Waals surface area contributed by atoms with E-state index in [-0.39, 0.29) is 17.9 Å². The van der Waals surface area contributed by atoms with E-state index in [1.165, 1.54) is 19.3 Å². The Kier molecular flexibility index (Phi) is 6.22. The summed E-state index contributed by atoms with van der Waals surface area (Å²) in [6, 6.07) is 9.41. The molecule has 2 amide bonds. The van der Waals surface area contributed by atoms with Crippen molar-refractivity contribution in [2.24, 2.45) is 0 Å². The highest BCUT2D eigenvalue weighted by molar-refractivity contribution is 5.94. The fourth-order valence-corrected chi connectivity index (χ4v) is 4.30. The van der Waals surface area contributed by atoms with Crippen LogP contribution in [0.1, 0.15) is 79.5 Å². The monoisotopic (exact) mass is 396 g/mol. The number of aryl methyl sites for hydroxylation is 1. The number of benzene rings is 1. The molecule has 0 radical (unpaired) electrons. The molecule has 1 unspecified atom stereocenters. The van der Waals surface area contributed by atoms with Crippen molar-refractivity contribution in [2.75, 3.05) is 6.54 Å². The van der Waals surface area contributed by atoms with Crippen LogP contribution in [0.2, 0.25) is 0 Å². The minimum Gasteiger partial charge on any atom is -0.353 e. The molecule has 0 spiro atoms. The van der Waals surface area contributed by atoms with Crippen molar-refractivity contribution in [3.63, 3.8) is 0 Å². The van der Waals surface area contributed by atoms with Gasteiger partial charge in [-0.25, -0.2) is 0 Å². The SMILES string of the molecule is O=C(CCc1nc(C2CCCN2C(=O)c2ccccc2)no1)NC1CCCCC1. The van der Waals surface area contributed by atoms with Crippen LogP contribution in [0.3, 0.4) is 0 Å². The lowest BCUT2D eigenvalue weighted by Gasteiger charge is -2.22. The average Bonchev–Trinajstić information content (AvgIpc) is 3.42. The van der Waals surface area contributed by atoms with Gasteiger partial charge in [0.1, 0.15) is 0 Å². The molecule has 154 valence electrons. The highest BCUT2D eigenvalue weighted by atomic mass is 16.5. The number of nitrogens with one attached hydrogen (secondary N) is 1. The molecule has 1 saturated carbocycles. The molecule has 1 saturated heterocycles. The molecule has 1 aliphatic carbocycles. The topological polar surface area (TPSA) is 88.3 Å². The van der Waals surface area contributed by atoms with Crippen LogP contribution in [0.4, 0.5) is 0 Å². The number of rotatable bonds is 6. The summed E-state index contributed by atoms with van der Waals surface area (Å²) in [4.78, 5) is 31.3. The number of carbonyl (C=O) groups is 2. The Morgan fingerprint density at radius 1 is 1.07 bits per heavy atom. The van der Waals surface area contributed by atoms with E-state index in [9.17, 15) is 9.59 Å². The molecule has 1 aliphatic heterocycles. The first-order valence-electron chi connectivity index (χ1n) is 10.7. The third kappa shape index (κ3) is 4.83. The Morgan fingerprint density at radius 3 is 2.66 bits per heavy atom. The summed E-state index contributed by atoms with van der Waals surface area (Å²) in [5.74, 6) is 1.02. The summed E-state index contributed by atoms with van der Waals surface area (Å²) in [7, 11) is 0. The van der Waals surface area contributed by atoms with Crippen LogP contribution in [-0.2, 0) is 11.2 Å². The van der Waals surface area contributed by atoms with Crippen LogP contribution in [0.25, 0.3) is 0 Å². The third-order valence-corrected chi connectivity index (χ3v) is 5.85. The molecule has 2 fully saturated rings. The van der Waals surface area contributed by atoms with Crippen LogP contribution in [0.5, 0.6) is 0 Å². The first-order valence-corrected chi connectivity index (χ1v) is 10.7. The average molecular weight is 396 g/mol. The minimum atomic E-state index is -0.170. The molecule has 2 aliphatic rings. The van der Waals surface area contributed by atoms with E-state index in [0.29, 0.717) is 42.7 Å². The molecule has 2 aromatic rings. The second-order valence-corrected chi connectivity index (χ2v) is 7.97. The van der Waals surface area contributed by atoms with Crippen molar-refractivity contribution >= 4 is 11.8 Å². The molecule has 1 atom stereocenters. The lowest BCUT2D eigenvalue weighted by molar-refractivity contribution is -0.122. The molecule has 0 bridgehead atoms. The molecular weight excluding hydrogens is 368 g/mol. The van der Waals surface area contributed by atoms with Gasteiger partial charge in [0.25, 0.3) is 5.91 Å². The van der Waals surface area contributed by atoms with Gasteiger partial charge in [0.2, 0.25) is 11.8 Å². The maximum absolute atomic E-state index is 12.8. The summed E-state index contributed by atoms with van der Waals surface area (Å²) in [5, 5.41) is 7.22. The first-order chi connectivity index (χ1) is 14.2. The number of hydrogen-bond acceptors (Lipinski definition) is 5. The van der Waals surface area contributed by atoms with Gasteiger partial charge in [0.05, 0.1) is 6.04 Å². The van der Waals surface area contributed by atoms with E-state index in [0.717, 1.165) is 25.7 Å². The fourth-order valence-electron chi connectivity index (χ4n) is 4.30. The molecule has 1 aromatic heterocycles. The Morgan fingerprint density at radius 2 is 1.86 bits per heavy atom. The fraction of sp³-hybridized carbons (Fsp3) is 0.545. The second kappa shape index (κ2) is 9.20. The van der Waals surface area contributed by atoms with Crippen LogP contribution in [0.15, 0.2) is 34.9 Å². The Labute approximate surface area is 170 Å². The molecule has 1 aromatic carbocycles. The van der Waals surface area contributed by atoms with Gasteiger partial charge in [-0.2, -0.15) is 4.98 Å². The van der Waals surface area contributed by atoms with Crippen LogP contribution >= 0.6 is 0 Å². The minimum absolute atomic E-state index is 0.00805. The molecule has 29 heavy (non-hydrogen) atoms. The van der Waals surface area contributed by atoms with Crippen molar-refractivity contribution in [1.29, 1.82) is 0 Å². The largest absolute Gasteiger partial charge is 0.353 e. The van der Waals surface area contributed by atoms with Crippen molar-refractivity contribution < 1.29 is 14.1 Å². The van der Waals surface area contributed by atoms with Gasteiger partial charge in [-0.15, -0.1) is 0 Å². The maximum Gasteiger partial charge on any atom is 0.254 e. The van der Waals surface area contributed by atoms with E-state index in [4.69, 9.17) is 4.52 Å². The van der Waals surface area contributed by atoms with E-state index in [2.05, 4.69) is 15.5 Å². The summed E-state index contributed by atoms with van der Waals surface area (Å²) >= 11 is 0. The van der Waals surface area contributed by atoms with Gasteiger partial charge in [-0.05, 0) is 37.8 Å². The van der Waals surface area contributed by atoms with Gasteiger partial charge < -0.3 is 14.7 Å². The molecular formula is C22H28N4O3. The van der Waals surface area contributed by atoms with Crippen molar-refractivity contribution in [2.45, 2.75) is 69.9 Å². The summed E-state index contributed by atoms with van der Waals surface area (Å²) < 4.78 is 5.37. The summed E-state index contributed by atoms with van der Waals surface area (Å²) in [5.41, 5.74) is 0.669. The highest BCUT2D eigenvalue weighted by Gasteiger charge is 2.33. The lowest BCUT2D eigenvalue weighted by atomic mass is 9.95. The second-order valence-electron chi connectivity index (χ2n) is 7.97. The van der Waals surface area contributed by atoms with E-state index < -0.39 is 0 Å². The number of aromatic nitrogens is 2. The summed E-state index contributed by atoms with van der Waals surface area (Å²) in [6.45, 7) is 0.687. The number of nitrogens with zero attached hydrogens (tertiary/aromatic N) is 3. The van der Waals surface area contributed by atoms with E-state index in [1.54, 1.807) is 0 Å². The van der Waals surface area contributed by atoms with E-state index >= 15 is 0 Å². The highest BCUT2D eigenvalue weighted by Crippen LogP contribution is 2.31. The smallest absolute Gasteiger partial charge is 0.254 e. The maximum atomic E-state index is 12.8. The zero-order chi connectivity index (χ0) is 20.1.